The molecule has 0 aromatic carbocycles. The van der Waals surface area contributed by atoms with Crippen molar-refractivity contribution in [2.75, 3.05) is 13.1 Å². The van der Waals surface area contributed by atoms with Crippen LogP contribution in [0.5, 0.6) is 0 Å². The van der Waals surface area contributed by atoms with Crippen molar-refractivity contribution in [3.8, 4) is 0 Å². The van der Waals surface area contributed by atoms with Crippen LogP contribution in [0.1, 0.15) is 58.3 Å². The zero-order valence-electron chi connectivity index (χ0n) is 10.8. The average Bonchev–Trinajstić information content (AvgIpc) is 2.28. The number of carboxylic acids is 1. The Morgan fingerprint density at radius 1 is 0.941 bits per heavy atom. The van der Waals surface area contributed by atoms with Crippen LogP contribution in [0.25, 0.3) is 0 Å². The predicted octanol–water partition coefficient (Wildman–Crippen LogP) is 0.778. The number of carboxylic acid groups (broad SMARTS) is 1. The van der Waals surface area contributed by atoms with E-state index in [4.69, 9.17) is 11.5 Å². The standard InChI is InChI=1S/C10H20O2.C2H8N2.Cu/c1-2-3-4-5-6-7-8-9-10(11)12;3-1-2-4;/h2-9H2,1H3,(H,11,12);1-4H2;/q;;+1/p-1. The molecule has 4 nitrogen and oxygen atoms in total. The summed E-state index contributed by atoms with van der Waals surface area (Å²) in [4.78, 5) is 10.0. The molecule has 5 heteroatoms. The minimum atomic E-state index is -0.913. The maximum absolute atomic E-state index is 10.0. The summed E-state index contributed by atoms with van der Waals surface area (Å²) in [6.07, 6.45) is 8.34. The molecule has 0 bridgehead atoms. The molecule has 0 aliphatic rings. The van der Waals surface area contributed by atoms with Crippen LogP contribution in [0.2, 0.25) is 0 Å². The van der Waals surface area contributed by atoms with Gasteiger partial charge in [0, 0.05) is 19.1 Å². The minimum absolute atomic E-state index is 0. The van der Waals surface area contributed by atoms with E-state index in [2.05, 4.69) is 6.92 Å². The Balaban J connectivity index is -0.000000340. The number of carbonyl (C=O) groups is 1. The Kier molecular flexibility index (Phi) is 27.6. The molecule has 108 valence electrons. The van der Waals surface area contributed by atoms with Crippen molar-refractivity contribution in [2.45, 2.75) is 58.3 Å². The molecule has 17 heavy (non-hydrogen) atoms. The fraction of sp³-hybridized carbons (Fsp3) is 0.917. The van der Waals surface area contributed by atoms with Crippen LogP contribution < -0.4 is 16.6 Å². The first-order valence-electron chi connectivity index (χ1n) is 6.29. The molecule has 0 unspecified atom stereocenters. The summed E-state index contributed by atoms with van der Waals surface area (Å²) in [5.74, 6) is -0.913. The zero-order chi connectivity index (χ0) is 12.6. The van der Waals surface area contributed by atoms with Crippen molar-refractivity contribution in [3.63, 3.8) is 0 Å². The molecule has 4 N–H and O–H groups in total. The van der Waals surface area contributed by atoms with E-state index in [1.807, 2.05) is 0 Å². The van der Waals surface area contributed by atoms with Crippen LogP contribution in [-0.4, -0.2) is 19.1 Å². The maximum Gasteiger partial charge on any atom is 1.00 e. The molecule has 0 spiro atoms. The molecule has 0 aromatic heterocycles. The van der Waals surface area contributed by atoms with Crippen molar-refractivity contribution in [2.24, 2.45) is 11.5 Å². The van der Waals surface area contributed by atoms with Gasteiger partial charge in [-0.1, -0.05) is 45.4 Å². The molecule has 0 aliphatic carbocycles. The van der Waals surface area contributed by atoms with Crippen molar-refractivity contribution >= 4 is 5.97 Å². The third-order valence-corrected chi connectivity index (χ3v) is 2.15. The Hall–Kier alpha value is -0.0905. The summed E-state index contributed by atoms with van der Waals surface area (Å²) in [7, 11) is 0. The van der Waals surface area contributed by atoms with Gasteiger partial charge in [-0.15, -0.1) is 0 Å². The molecule has 0 saturated heterocycles. The van der Waals surface area contributed by atoms with E-state index in [1.165, 1.54) is 32.1 Å². The second-order valence-corrected chi connectivity index (χ2v) is 3.82. The summed E-state index contributed by atoms with van der Waals surface area (Å²) in [5, 5.41) is 10.0. The number of carbonyl (C=O) groups excluding carboxylic acids is 1. The number of hydrogen-bond acceptors (Lipinski definition) is 4. The van der Waals surface area contributed by atoms with Gasteiger partial charge in [-0.2, -0.15) is 0 Å². The monoisotopic (exact) mass is 294 g/mol. The SMILES string of the molecule is CCCCCCCCCC(=O)[O-].NCCN.[Cu+]. The van der Waals surface area contributed by atoms with Gasteiger partial charge in [-0.3, -0.25) is 0 Å². The van der Waals surface area contributed by atoms with Crippen LogP contribution >= 0.6 is 0 Å². The van der Waals surface area contributed by atoms with Gasteiger partial charge >= 0.3 is 17.1 Å². The van der Waals surface area contributed by atoms with E-state index >= 15 is 0 Å². The molecule has 0 rings (SSSR count). The van der Waals surface area contributed by atoms with Gasteiger partial charge in [0.1, 0.15) is 0 Å². The van der Waals surface area contributed by atoms with E-state index in [1.54, 1.807) is 0 Å². The van der Waals surface area contributed by atoms with Crippen LogP contribution in [0.3, 0.4) is 0 Å². The summed E-state index contributed by atoms with van der Waals surface area (Å²) in [6.45, 7) is 3.39. The average molecular weight is 295 g/mol. The number of nitrogens with two attached hydrogens (primary N) is 2. The first kappa shape index (κ1) is 22.1. The third kappa shape index (κ3) is 31.3. The first-order chi connectivity index (χ1) is 7.68. The molecule has 0 aliphatic heterocycles. The Morgan fingerprint density at radius 2 is 1.35 bits per heavy atom. The topological polar surface area (TPSA) is 92.2 Å². The molecular formula is C12H27CuN2O2. The number of unbranched alkanes of at least 4 members (excludes halogenated alkanes) is 6. The third-order valence-electron chi connectivity index (χ3n) is 2.15. The summed E-state index contributed by atoms with van der Waals surface area (Å²) in [5.41, 5.74) is 9.81. The normalized spacial score (nSPS) is 8.88. The fourth-order valence-corrected chi connectivity index (χ4v) is 1.23. The Bertz CT molecular complexity index is 144. The van der Waals surface area contributed by atoms with E-state index in [0.29, 0.717) is 13.1 Å². The largest absolute Gasteiger partial charge is 1.00 e. The van der Waals surface area contributed by atoms with Gasteiger partial charge in [-0.25, -0.2) is 0 Å². The first-order valence-corrected chi connectivity index (χ1v) is 6.29. The summed E-state index contributed by atoms with van der Waals surface area (Å²) in [6, 6.07) is 0. The van der Waals surface area contributed by atoms with E-state index in [-0.39, 0.29) is 23.5 Å². The minimum Gasteiger partial charge on any atom is -0.550 e. The molecule has 0 fully saturated rings. The van der Waals surface area contributed by atoms with Crippen LogP contribution in [-0.2, 0) is 21.9 Å². The molecule has 0 atom stereocenters. The van der Waals surface area contributed by atoms with Gasteiger partial charge < -0.3 is 21.4 Å². The van der Waals surface area contributed by atoms with Gasteiger partial charge in [0.2, 0.25) is 0 Å². The Labute approximate surface area is 116 Å². The number of hydrogen-bond donors (Lipinski definition) is 2. The quantitative estimate of drug-likeness (QED) is 0.485. The number of rotatable bonds is 9. The fourth-order valence-electron chi connectivity index (χ4n) is 1.23. The van der Waals surface area contributed by atoms with Gasteiger partial charge in [-0.05, 0) is 12.8 Å². The van der Waals surface area contributed by atoms with Crippen LogP contribution in [0.15, 0.2) is 0 Å². The smallest absolute Gasteiger partial charge is 0.550 e. The van der Waals surface area contributed by atoms with Gasteiger partial charge in [0.25, 0.3) is 0 Å². The second-order valence-electron chi connectivity index (χ2n) is 3.82. The van der Waals surface area contributed by atoms with E-state index < -0.39 is 5.97 Å². The maximum atomic E-state index is 10.0. The van der Waals surface area contributed by atoms with Crippen LogP contribution in [0.4, 0.5) is 0 Å². The summed E-state index contributed by atoms with van der Waals surface area (Å²) >= 11 is 0. The predicted molar refractivity (Wildman–Crippen MR) is 65.7 cm³/mol. The van der Waals surface area contributed by atoms with E-state index in [0.717, 1.165) is 12.8 Å². The van der Waals surface area contributed by atoms with E-state index in [9.17, 15) is 9.90 Å². The molecular weight excluding hydrogens is 268 g/mol. The Morgan fingerprint density at radius 3 is 1.71 bits per heavy atom. The summed E-state index contributed by atoms with van der Waals surface area (Å²) < 4.78 is 0. The molecule has 0 amide bonds. The number of aliphatic carboxylic acids is 1. The molecule has 0 heterocycles. The van der Waals surface area contributed by atoms with Crippen LogP contribution in [0, 0.1) is 0 Å². The van der Waals surface area contributed by atoms with Crippen molar-refractivity contribution in [3.05, 3.63) is 0 Å². The van der Waals surface area contributed by atoms with Gasteiger partial charge in [0.15, 0.2) is 0 Å². The van der Waals surface area contributed by atoms with Crippen molar-refractivity contribution in [1.29, 1.82) is 0 Å². The van der Waals surface area contributed by atoms with Crippen molar-refractivity contribution in [1.82, 2.24) is 0 Å². The van der Waals surface area contributed by atoms with Gasteiger partial charge in [0.05, 0.1) is 0 Å². The molecule has 0 saturated carbocycles. The van der Waals surface area contributed by atoms with Crippen molar-refractivity contribution < 1.29 is 27.0 Å². The second kappa shape index (κ2) is 21.2. The molecule has 0 aromatic rings. The zero-order valence-corrected chi connectivity index (χ0v) is 11.8. The molecule has 0 radical (unpaired) electrons.